The fourth-order valence-electron chi connectivity index (χ4n) is 1.08. The third kappa shape index (κ3) is 7.36. The SMILES string of the molecule is CC(=O)CC(=O)OC(=O)C(O)C(O)C(=O)OC(=O)CC(C)=O. The Kier molecular flexibility index (Phi) is 7.77. The Labute approximate surface area is 124 Å². The molecule has 10 heteroatoms. The molecule has 0 rings (SSSR count). The first-order valence-electron chi connectivity index (χ1n) is 5.88. The van der Waals surface area contributed by atoms with Crippen molar-refractivity contribution in [3.05, 3.63) is 0 Å². The average molecular weight is 318 g/mol. The fourth-order valence-corrected chi connectivity index (χ4v) is 1.08. The summed E-state index contributed by atoms with van der Waals surface area (Å²) >= 11 is 0. The molecule has 0 aromatic heterocycles. The lowest BCUT2D eigenvalue weighted by molar-refractivity contribution is -0.181. The van der Waals surface area contributed by atoms with Gasteiger partial charge in [-0.2, -0.15) is 0 Å². The van der Waals surface area contributed by atoms with Crippen LogP contribution in [0.4, 0.5) is 0 Å². The van der Waals surface area contributed by atoms with Gasteiger partial charge in [-0.25, -0.2) is 9.59 Å². The number of aliphatic hydroxyl groups excluding tert-OH is 2. The second-order valence-electron chi connectivity index (χ2n) is 4.23. The topological polar surface area (TPSA) is 161 Å². The van der Waals surface area contributed by atoms with Crippen molar-refractivity contribution in [1.82, 2.24) is 0 Å². The van der Waals surface area contributed by atoms with E-state index in [9.17, 15) is 39.0 Å². The summed E-state index contributed by atoms with van der Waals surface area (Å²) in [5, 5.41) is 18.6. The molecule has 2 N–H and O–H groups in total. The van der Waals surface area contributed by atoms with Crippen molar-refractivity contribution in [1.29, 1.82) is 0 Å². The molecule has 0 aromatic carbocycles. The molecule has 0 aromatic rings. The van der Waals surface area contributed by atoms with Gasteiger partial charge in [-0.05, 0) is 13.8 Å². The van der Waals surface area contributed by atoms with E-state index in [1.54, 1.807) is 0 Å². The van der Waals surface area contributed by atoms with E-state index in [1.165, 1.54) is 0 Å². The molecule has 0 saturated heterocycles. The number of ether oxygens (including phenoxy) is 2. The summed E-state index contributed by atoms with van der Waals surface area (Å²) in [4.78, 5) is 65.6. The molecule has 0 spiro atoms. The van der Waals surface area contributed by atoms with Gasteiger partial charge in [0.15, 0.2) is 12.2 Å². The number of aliphatic hydroxyl groups is 2. The van der Waals surface area contributed by atoms with Gasteiger partial charge in [-0.15, -0.1) is 0 Å². The van der Waals surface area contributed by atoms with Gasteiger partial charge in [-0.3, -0.25) is 19.2 Å². The Balaban J connectivity index is 4.54. The van der Waals surface area contributed by atoms with Gasteiger partial charge in [0.1, 0.15) is 24.4 Å². The van der Waals surface area contributed by atoms with Crippen LogP contribution < -0.4 is 0 Å². The van der Waals surface area contributed by atoms with Gasteiger partial charge in [0.05, 0.1) is 0 Å². The number of carbonyl (C=O) groups is 6. The zero-order chi connectivity index (χ0) is 17.4. The lowest BCUT2D eigenvalue weighted by atomic mass is 10.2. The van der Waals surface area contributed by atoms with E-state index in [-0.39, 0.29) is 0 Å². The molecule has 2 unspecified atom stereocenters. The molecule has 0 aliphatic heterocycles. The summed E-state index contributed by atoms with van der Waals surface area (Å²) in [7, 11) is 0. The van der Waals surface area contributed by atoms with Crippen molar-refractivity contribution in [2.75, 3.05) is 0 Å². The first-order valence-corrected chi connectivity index (χ1v) is 5.88. The van der Waals surface area contributed by atoms with Gasteiger partial charge in [0.2, 0.25) is 0 Å². The highest BCUT2D eigenvalue weighted by atomic mass is 16.6. The van der Waals surface area contributed by atoms with Gasteiger partial charge >= 0.3 is 23.9 Å². The molecule has 0 aliphatic carbocycles. The van der Waals surface area contributed by atoms with Crippen molar-refractivity contribution >= 4 is 35.4 Å². The van der Waals surface area contributed by atoms with Crippen LogP contribution in [-0.2, 0) is 38.2 Å². The predicted molar refractivity (Wildman–Crippen MR) is 64.8 cm³/mol. The number of ketones is 2. The maximum absolute atomic E-state index is 11.2. The molecule has 0 heterocycles. The molecule has 122 valence electrons. The number of hydrogen-bond acceptors (Lipinski definition) is 10. The first-order chi connectivity index (χ1) is 10.0. The second kappa shape index (κ2) is 8.74. The number of Topliss-reactive ketones (excluding diaryl/α,β-unsaturated/α-hetero) is 2. The Morgan fingerprint density at radius 1 is 0.727 bits per heavy atom. The van der Waals surface area contributed by atoms with Gasteiger partial charge < -0.3 is 19.7 Å². The summed E-state index contributed by atoms with van der Waals surface area (Å²) < 4.78 is 8.02. The van der Waals surface area contributed by atoms with E-state index < -0.39 is 60.5 Å². The van der Waals surface area contributed by atoms with E-state index in [1.807, 2.05) is 0 Å². The van der Waals surface area contributed by atoms with Gasteiger partial charge in [0, 0.05) is 0 Å². The van der Waals surface area contributed by atoms with E-state index in [4.69, 9.17) is 0 Å². The van der Waals surface area contributed by atoms with E-state index in [2.05, 4.69) is 9.47 Å². The third-order valence-corrected chi connectivity index (χ3v) is 2.00. The number of carbonyl (C=O) groups excluding carboxylic acids is 6. The molecule has 0 saturated carbocycles. The molecule has 2 atom stereocenters. The highest BCUT2D eigenvalue weighted by molar-refractivity contribution is 6.01. The second-order valence-corrected chi connectivity index (χ2v) is 4.23. The first kappa shape index (κ1) is 19.5. The molecule has 0 amide bonds. The van der Waals surface area contributed by atoms with Crippen LogP contribution in [-0.4, -0.2) is 57.9 Å². The Bertz CT molecular complexity index is 460. The summed E-state index contributed by atoms with van der Waals surface area (Å²) in [6, 6.07) is 0. The molecule has 0 bridgehead atoms. The van der Waals surface area contributed by atoms with E-state index in [0.29, 0.717) is 0 Å². The molecule has 0 radical (unpaired) electrons. The van der Waals surface area contributed by atoms with E-state index >= 15 is 0 Å². The van der Waals surface area contributed by atoms with E-state index in [0.717, 1.165) is 13.8 Å². The van der Waals surface area contributed by atoms with Crippen LogP contribution in [0.2, 0.25) is 0 Å². The van der Waals surface area contributed by atoms with Crippen molar-refractivity contribution in [2.45, 2.75) is 38.9 Å². The van der Waals surface area contributed by atoms with Crippen LogP contribution in [0, 0.1) is 0 Å². The van der Waals surface area contributed by atoms with Gasteiger partial charge in [0.25, 0.3) is 0 Å². The number of hydrogen-bond donors (Lipinski definition) is 2. The van der Waals surface area contributed by atoms with Crippen LogP contribution >= 0.6 is 0 Å². The van der Waals surface area contributed by atoms with Crippen molar-refractivity contribution in [2.24, 2.45) is 0 Å². The van der Waals surface area contributed by atoms with Crippen LogP contribution in [0.3, 0.4) is 0 Å². The molecule has 0 aliphatic rings. The summed E-state index contributed by atoms with van der Waals surface area (Å²) in [5.41, 5.74) is 0. The number of esters is 4. The molecule has 22 heavy (non-hydrogen) atoms. The normalized spacial score (nSPS) is 12.7. The molecular weight excluding hydrogens is 304 g/mol. The zero-order valence-corrected chi connectivity index (χ0v) is 11.7. The van der Waals surface area contributed by atoms with Crippen molar-refractivity contribution in [3.63, 3.8) is 0 Å². The predicted octanol–water partition coefficient (Wildman–Crippen LogP) is -2.19. The van der Waals surface area contributed by atoms with Crippen LogP contribution in [0.1, 0.15) is 26.7 Å². The highest BCUT2D eigenvalue weighted by Crippen LogP contribution is 2.03. The Morgan fingerprint density at radius 3 is 1.23 bits per heavy atom. The Morgan fingerprint density at radius 2 is 1.00 bits per heavy atom. The summed E-state index contributed by atoms with van der Waals surface area (Å²) in [6.07, 6.45) is -6.49. The monoisotopic (exact) mass is 318 g/mol. The smallest absolute Gasteiger partial charge is 0.346 e. The molecule has 0 fully saturated rings. The maximum Gasteiger partial charge on any atom is 0.346 e. The standard InChI is InChI=1S/C12H14O10/c1-5(13)3-7(15)21-11(19)9(17)10(18)12(20)22-8(16)4-6(2)14/h9-10,17-18H,3-4H2,1-2H3. The summed E-state index contributed by atoms with van der Waals surface area (Å²) in [5.74, 6) is -7.19. The minimum Gasteiger partial charge on any atom is -0.391 e. The van der Waals surface area contributed by atoms with Crippen LogP contribution in [0.25, 0.3) is 0 Å². The molecular formula is C12H14O10. The minimum absolute atomic E-state index is 0.609. The highest BCUT2D eigenvalue weighted by Gasteiger charge is 2.35. The number of rotatable bonds is 7. The quantitative estimate of drug-likeness (QED) is 0.389. The lowest BCUT2D eigenvalue weighted by Crippen LogP contribution is -2.43. The average Bonchev–Trinajstić information content (AvgIpc) is 2.34. The fraction of sp³-hybridized carbons (Fsp3) is 0.500. The molecule has 10 nitrogen and oxygen atoms in total. The van der Waals surface area contributed by atoms with Crippen LogP contribution in [0.15, 0.2) is 0 Å². The largest absolute Gasteiger partial charge is 0.391 e. The maximum atomic E-state index is 11.2. The third-order valence-electron chi connectivity index (χ3n) is 2.00. The Hall–Kier alpha value is -2.46. The summed E-state index contributed by atoms with van der Waals surface area (Å²) in [6.45, 7) is 2.10. The van der Waals surface area contributed by atoms with Crippen molar-refractivity contribution < 1.29 is 48.5 Å². The lowest BCUT2D eigenvalue weighted by Gasteiger charge is -2.14. The van der Waals surface area contributed by atoms with Crippen LogP contribution in [0.5, 0.6) is 0 Å². The zero-order valence-electron chi connectivity index (χ0n) is 11.7. The minimum atomic E-state index is -2.51. The van der Waals surface area contributed by atoms with Gasteiger partial charge in [-0.1, -0.05) is 0 Å². The van der Waals surface area contributed by atoms with Crippen molar-refractivity contribution in [3.8, 4) is 0 Å².